The molecule has 9 nitrogen and oxygen atoms in total. The third-order valence-electron chi connectivity index (χ3n) is 5.13. The second kappa shape index (κ2) is 12.0. The number of aromatic nitrogens is 1. The van der Waals surface area contributed by atoms with E-state index in [-0.39, 0.29) is 19.6 Å². The van der Waals surface area contributed by atoms with E-state index in [0.717, 1.165) is 16.3 Å². The van der Waals surface area contributed by atoms with Crippen LogP contribution in [0.3, 0.4) is 0 Å². The number of hydrogen-bond donors (Lipinski definition) is 1. The molecule has 2 aromatic carbocycles. The van der Waals surface area contributed by atoms with Gasteiger partial charge in [-0.25, -0.2) is 14.6 Å². The van der Waals surface area contributed by atoms with Crippen LogP contribution in [0.1, 0.15) is 32.8 Å². The number of likely N-dealkylation sites (N-methyl/N-ethyl adjacent to an activating group) is 1. The highest BCUT2D eigenvalue weighted by Crippen LogP contribution is 2.17. The van der Waals surface area contributed by atoms with Gasteiger partial charge in [0.1, 0.15) is 24.6 Å². The lowest BCUT2D eigenvalue weighted by Gasteiger charge is -2.28. The van der Waals surface area contributed by atoms with E-state index < -0.39 is 29.8 Å². The summed E-state index contributed by atoms with van der Waals surface area (Å²) in [6.45, 7) is 5.06. The molecule has 1 atom stereocenters. The van der Waals surface area contributed by atoms with Gasteiger partial charge in [0, 0.05) is 18.6 Å². The standard InChI is InChI=1S/C27H31N3O6/c1-27(2,3)36-24(31)15-22(30(4)26(33)35-17-19-10-6-5-7-11-19)18-34-25(32)29-23-14-20-12-8-9-13-21(20)16-28-23/h5-14,16,22H,15,17-18H2,1-4H3,(H,28,29,32)/t22-/m0/s1. The van der Waals surface area contributed by atoms with Crippen LogP contribution in [0.4, 0.5) is 15.4 Å². The fourth-order valence-electron chi connectivity index (χ4n) is 3.32. The smallest absolute Gasteiger partial charge is 0.412 e. The minimum Gasteiger partial charge on any atom is -0.460 e. The van der Waals surface area contributed by atoms with Crippen LogP contribution in [0.2, 0.25) is 0 Å². The molecule has 36 heavy (non-hydrogen) atoms. The predicted octanol–water partition coefficient (Wildman–Crippen LogP) is 5.15. The van der Waals surface area contributed by atoms with Crippen molar-refractivity contribution in [2.45, 2.75) is 45.4 Å². The van der Waals surface area contributed by atoms with Gasteiger partial charge in [0.2, 0.25) is 0 Å². The molecule has 1 aromatic heterocycles. The van der Waals surface area contributed by atoms with Crippen LogP contribution in [0.25, 0.3) is 10.8 Å². The van der Waals surface area contributed by atoms with Crippen molar-refractivity contribution in [1.82, 2.24) is 9.88 Å². The monoisotopic (exact) mass is 493 g/mol. The quantitative estimate of drug-likeness (QED) is 0.341. The Bertz CT molecular complexity index is 1190. The van der Waals surface area contributed by atoms with Crippen LogP contribution >= 0.6 is 0 Å². The van der Waals surface area contributed by atoms with E-state index in [9.17, 15) is 14.4 Å². The maximum Gasteiger partial charge on any atom is 0.412 e. The van der Waals surface area contributed by atoms with Crippen LogP contribution < -0.4 is 5.32 Å². The van der Waals surface area contributed by atoms with Gasteiger partial charge in [-0.1, -0.05) is 54.6 Å². The van der Waals surface area contributed by atoms with E-state index in [0.29, 0.717) is 5.82 Å². The molecule has 2 amide bonds. The van der Waals surface area contributed by atoms with Crippen LogP contribution in [0.5, 0.6) is 0 Å². The van der Waals surface area contributed by atoms with Crippen molar-refractivity contribution < 1.29 is 28.6 Å². The van der Waals surface area contributed by atoms with Crippen LogP contribution in [-0.4, -0.2) is 53.3 Å². The molecule has 0 spiro atoms. The molecule has 0 aliphatic heterocycles. The number of esters is 1. The van der Waals surface area contributed by atoms with Gasteiger partial charge < -0.3 is 19.1 Å². The summed E-state index contributed by atoms with van der Waals surface area (Å²) in [5.74, 6) is -0.214. The van der Waals surface area contributed by atoms with Crippen molar-refractivity contribution in [3.63, 3.8) is 0 Å². The number of benzene rings is 2. The van der Waals surface area contributed by atoms with E-state index >= 15 is 0 Å². The average molecular weight is 494 g/mol. The minimum atomic E-state index is -0.807. The van der Waals surface area contributed by atoms with Gasteiger partial charge in [0.15, 0.2) is 0 Å². The number of anilines is 1. The van der Waals surface area contributed by atoms with Gasteiger partial charge in [0.05, 0.1) is 12.5 Å². The fourth-order valence-corrected chi connectivity index (χ4v) is 3.32. The molecule has 0 aliphatic carbocycles. The van der Waals surface area contributed by atoms with Gasteiger partial charge in [-0.05, 0) is 37.8 Å². The minimum absolute atomic E-state index is 0.0676. The molecular weight excluding hydrogens is 462 g/mol. The van der Waals surface area contributed by atoms with E-state index in [1.54, 1.807) is 33.0 Å². The SMILES string of the molecule is CN(C(=O)OCc1ccccc1)[C@H](COC(=O)Nc1cc2ccccc2cn1)CC(=O)OC(C)(C)C. The number of carbonyl (C=O) groups is 3. The highest BCUT2D eigenvalue weighted by atomic mass is 16.6. The Kier molecular flexibility index (Phi) is 8.83. The number of nitrogens with one attached hydrogen (secondary N) is 1. The van der Waals surface area contributed by atoms with Gasteiger partial charge in [-0.15, -0.1) is 0 Å². The summed E-state index contributed by atoms with van der Waals surface area (Å²) in [6.07, 6.45) is 0.0355. The maximum absolute atomic E-state index is 12.7. The van der Waals surface area contributed by atoms with Gasteiger partial charge >= 0.3 is 18.2 Å². The zero-order valence-electron chi connectivity index (χ0n) is 20.9. The van der Waals surface area contributed by atoms with E-state index in [1.807, 2.05) is 54.6 Å². The first-order valence-electron chi connectivity index (χ1n) is 11.5. The van der Waals surface area contributed by atoms with Crippen molar-refractivity contribution in [3.05, 3.63) is 72.4 Å². The Morgan fingerprint density at radius 2 is 1.64 bits per heavy atom. The molecular formula is C27H31N3O6. The van der Waals surface area contributed by atoms with E-state index in [4.69, 9.17) is 14.2 Å². The van der Waals surface area contributed by atoms with Gasteiger partial charge in [-0.2, -0.15) is 0 Å². The molecule has 1 heterocycles. The number of fused-ring (bicyclic) bond motifs is 1. The summed E-state index contributed by atoms with van der Waals surface area (Å²) in [5.41, 5.74) is 0.120. The molecule has 190 valence electrons. The van der Waals surface area contributed by atoms with E-state index in [2.05, 4.69) is 10.3 Å². The number of rotatable bonds is 8. The largest absolute Gasteiger partial charge is 0.460 e. The number of hydrogen-bond acceptors (Lipinski definition) is 7. The van der Waals surface area contributed by atoms with E-state index in [1.165, 1.54) is 11.9 Å². The lowest BCUT2D eigenvalue weighted by molar-refractivity contribution is -0.156. The predicted molar refractivity (Wildman–Crippen MR) is 135 cm³/mol. The molecule has 0 radical (unpaired) electrons. The number of nitrogens with zero attached hydrogens (tertiary/aromatic N) is 2. The van der Waals surface area contributed by atoms with Gasteiger partial charge in [0.25, 0.3) is 0 Å². The molecule has 0 fully saturated rings. The molecule has 0 saturated carbocycles. The van der Waals surface area contributed by atoms with Crippen LogP contribution in [-0.2, 0) is 25.6 Å². The Hall–Kier alpha value is -4.14. The van der Waals surface area contributed by atoms with Crippen molar-refractivity contribution in [2.75, 3.05) is 19.0 Å². The zero-order valence-corrected chi connectivity index (χ0v) is 20.9. The number of ether oxygens (including phenoxy) is 3. The summed E-state index contributed by atoms with van der Waals surface area (Å²) in [6, 6.07) is 17.7. The number of carbonyl (C=O) groups excluding carboxylic acids is 3. The van der Waals surface area contributed by atoms with Crippen LogP contribution in [0, 0.1) is 0 Å². The molecule has 3 aromatic rings. The Morgan fingerprint density at radius 3 is 2.33 bits per heavy atom. The van der Waals surface area contributed by atoms with Crippen molar-refractivity contribution in [3.8, 4) is 0 Å². The summed E-state index contributed by atoms with van der Waals surface area (Å²) < 4.78 is 16.1. The molecule has 0 bridgehead atoms. The first-order valence-corrected chi connectivity index (χ1v) is 11.5. The topological polar surface area (TPSA) is 107 Å². The summed E-state index contributed by atoms with van der Waals surface area (Å²) in [7, 11) is 1.48. The lowest BCUT2D eigenvalue weighted by atomic mass is 10.1. The lowest BCUT2D eigenvalue weighted by Crippen LogP contribution is -2.43. The first kappa shape index (κ1) is 26.5. The number of pyridine rings is 1. The molecule has 0 saturated heterocycles. The maximum atomic E-state index is 12.7. The first-order chi connectivity index (χ1) is 17.1. The highest BCUT2D eigenvalue weighted by Gasteiger charge is 2.28. The van der Waals surface area contributed by atoms with Gasteiger partial charge in [-0.3, -0.25) is 10.1 Å². The van der Waals surface area contributed by atoms with Crippen molar-refractivity contribution in [2.24, 2.45) is 0 Å². The normalized spacial score (nSPS) is 11.9. The number of amides is 2. The van der Waals surface area contributed by atoms with Crippen LogP contribution in [0.15, 0.2) is 66.9 Å². The molecule has 0 unspecified atom stereocenters. The molecule has 9 heteroatoms. The average Bonchev–Trinajstić information content (AvgIpc) is 2.84. The molecule has 0 aliphatic rings. The molecule has 1 N–H and O–H groups in total. The summed E-state index contributed by atoms with van der Waals surface area (Å²) in [5, 5.41) is 4.42. The summed E-state index contributed by atoms with van der Waals surface area (Å²) >= 11 is 0. The third-order valence-corrected chi connectivity index (χ3v) is 5.13. The van der Waals surface area contributed by atoms with Crippen molar-refractivity contribution in [1.29, 1.82) is 0 Å². The second-order valence-corrected chi connectivity index (χ2v) is 9.24. The second-order valence-electron chi connectivity index (χ2n) is 9.24. The third kappa shape index (κ3) is 8.26. The Labute approximate surface area is 210 Å². The fraction of sp³-hybridized carbons (Fsp3) is 0.333. The molecule has 3 rings (SSSR count). The Morgan fingerprint density at radius 1 is 0.972 bits per heavy atom. The summed E-state index contributed by atoms with van der Waals surface area (Å²) in [4.78, 5) is 43.0. The zero-order chi connectivity index (χ0) is 26.1. The van der Waals surface area contributed by atoms with Crippen molar-refractivity contribution >= 4 is 34.7 Å². The Balaban J connectivity index is 1.62. The highest BCUT2D eigenvalue weighted by molar-refractivity contribution is 5.89.